The number of nitrogens with zero attached hydrogens (tertiary/aromatic N) is 4. The molecule has 1 aromatic heterocycles. The van der Waals surface area contributed by atoms with E-state index in [0.717, 1.165) is 38.9 Å². The zero-order valence-corrected chi connectivity index (χ0v) is 24.7. The molecule has 0 bridgehead atoms. The van der Waals surface area contributed by atoms with Crippen molar-refractivity contribution in [2.45, 2.75) is 44.6 Å². The molecule has 1 aliphatic rings. The summed E-state index contributed by atoms with van der Waals surface area (Å²) in [5.74, 6) is -0.693. The van der Waals surface area contributed by atoms with E-state index >= 15 is 0 Å². The third-order valence-corrected chi connectivity index (χ3v) is 9.30. The highest BCUT2D eigenvalue weighted by atomic mass is 32.2. The number of carbonyl (C=O) groups excluding carboxylic acids is 1. The highest BCUT2D eigenvalue weighted by molar-refractivity contribution is 7.89. The fourth-order valence-corrected chi connectivity index (χ4v) is 7.00. The van der Waals surface area contributed by atoms with E-state index < -0.39 is 15.6 Å². The van der Waals surface area contributed by atoms with Gasteiger partial charge in [-0.05, 0) is 57.1 Å². The van der Waals surface area contributed by atoms with E-state index in [2.05, 4.69) is 24.1 Å². The van der Waals surface area contributed by atoms with E-state index in [4.69, 9.17) is 0 Å². The van der Waals surface area contributed by atoms with Gasteiger partial charge in [0.1, 0.15) is 17.3 Å². The van der Waals surface area contributed by atoms with E-state index in [1.54, 1.807) is 42.5 Å². The number of benzene rings is 2. The number of rotatable bonds is 13. The Bertz CT molecular complexity index is 1500. The molecule has 0 atom stereocenters. The predicted octanol–water partition coefficient (Wildman–Crippen LogP) is 3.28. The number of anilines is 1. The number of sulfonamides is 1. The minimum Gasteiger partial charge on any atom is -0.367 e. The molecule has 1 aliphatic heterocycles. The number of aromatic nitrogens is 1. The average Bonchev–Trinajstić information content (AvgIpc) is 2.97. The van der Waals surface area contributed by atoms with Crippen molar-refractivity contribution in [1.82, 2.24) is 19.1 Å². The molecule has 0 aliphatic carbocycles. The van der Waals surface area contributed by atoms with Crippen LogP contribution in [0.4, 0.5) is 10.1 Å². The third kappa shape index (κ3) is 7.33. The maximum atomic E-state index is 14.3. The molecule has 0 spiro atoms. The number of carbonyl (C=O) groups is 1. The first-order valence-corrected chi connectivity index (χ1v) is 15.8. The van der Waals surface area contributed by atoms with Gasteiger partial charge in [-0.3, -0.25) is 9.59 Å². The second-order valence-electron chi connectivity index (χ2n) is 10.4. The molecule has 0 saturated carbocycles. The molecule has 41 heavy (non-hydrogen) atoms. The first kappa shape index (κ1) is 30.7. The van der Waals surface area contributed by atoms with Gasteiger partial charge in [0.05, 0.1) is 5.69 Å². The standard InChI is InChI=1S/C30H40FN5O4S/c1-3-15-33(16-4-2)17-9-14-32-29(37)23-35-22-28(24-10-5-6-11-25(24)30(35)38)41(39,40)36-20-18-34(19-21-36)27-13-8-7-12-26(27)31/h5-8,10-13,22H,3-4,9,14-21,23H2,1-2H3,(H,32,37). The summed E-state index contributed by atoms with van der Waals surface area (Å²) in [6.45, 7) is 8.39. The zero-order chi connectivity index (χ0) is 29.4. The Morgan fingerprint density at radius 1 is 0.927 bits per heavy atom. The Kier molecular flexibility index (Phi) is 10.5. The number of pyridine rings is 1. The van der Waals surface area contributed by atoms with E-state index in [9.17, 15) is 22.4 Å². The normalized spacial score (nSPS) is 14.6. The van der Waals surface area contributed by atoms with Crippen molar-refractivity contribution >= 4 is 32.4 Å². The highest BCUT2D eigenvalue weighted by Crippen LogP contribution is 2.26. The van der Waals surface area contributed by atoms with Gasteiger partial charge in [-0.25, -0.2) is 12.8 Å². The Labute approximate surface area is 241 Å². The molecule has 222 valence electrons. The molecular formula is C30H40FN5O4S. The third-order valence-electron chi connectivity index (χ3n) is 7.37. The van der Waals surface area contributed by atoms with Crippen LogP contribution in [-0.2, 0) is 21.4 Å². The fraction of sp³-hybridized carbons (Fsp3) is 0.467. The second kappa shape index (κ2) is 14.1. The number of hydrogen-bond donors (Lipinski definition) is 1. The van der Waals surface area contributed by atoms with Gasteiger partial charge in [0, 0.05) is 49.7 Å². The number of nitrogens with one attached hydrogen (secondary N) is 1. The van der Waals surface area contributed by atoms with Gasteiger partial charge >= 0.3 is 0 Å². The molecule has 1 saturated heterocycles. The first-order chi connectivity index (χ1) is 19.8. The molecule has 0 unspecified atom stereocenters. The monoisotopic (exact) mass is 585 g/mol. The summed E-state index contributed by atoms with van der Waals surface area (Å²) in [4.78, 5) is 30.2. The Morgan fingerprint density at radius 3 is 2.22 bits per heavy atom. The average molecular weight is 586 g/mol. The van der Waals surface area contributed by atoms with Crippen LogP contribution in [0.2, 0.25) is 0 Å². The molecular weight excluding hydrogens is 545 g/mol. The highest BCUT2D eigenvalue weighted by Gasteiger charge is 2.31. The van der Waals surface area contributed by atoms with Crippen molar-refractivity contribution < 1.29 is 17.6 Å². The first-order valence-electron chi connectivity index (χ1n) is 14.4. The summed E-state index contributed by atoms with van der Waals surface area (Å²) in [5, 5.41) is 3.43. The number of amides is 1. The molecule has 0 radical (unpaired) electrons. The van der Waals surface area contributed by atoms with Gasteiger partial charge in [-0.15, -0.1) is 0 Å². The van der Waals surface area contributed by atoms with Gasteiger partial charge in [0.2, 0.25) is 15.9 Å². The van der Waals surface area contributed by atoms with Crippen LogP contribution in [0.5, 0.6) is 0 Å². The van der Waals surface area contributed by atoms with Crippen LogP contribution in [0.3, 0.4) is 0 Å². The van der Waals surface area contributed by atoms with Gasteiger partial charge in [0.25, 0.3) is 5.56 Å². The SMILES string of the molecule is CCCN(CCC)CCCNC(=O)Cn1cc(S(=O)(=O)N2CCN(c3ccccc3F)CC2)c2ccccc2c1=O. The van der Waals surface area contributed by atoms with Crippen LogP contribution in [0.25, 0.3) is 10.8 Å². The zero-order valence-electron chi connectivity index (χ0n) is 23.9. The Hall–Kier alpha value is -3.28. The van der Waals surface area contributed by atoms with Crippen LogP contribution in [-0.4, -0.2) is 80.5 Å². The number of piperazine rings is 1. The lowest BCUT2D eigenvalue weighted by atomic mass is 10.2. The van der Waals surface area contributed by atoms with Crippen molar-refractivity contribution in [2.24, 2.45) is 0 Å². The summed E-state index contributed by atoms with van der Waals surface area (Å²) in [5.41, 5.74) is 0.0223. The number of hydrogen-bond acceptors (Lipinski definition) is 6. The van der Waals surface area contributed by atoms with E-state index in [1.807, 2.05) is 4.90 Å². The summed E-state index contributed by atoms with van der Waals surface area (Å²) >= 11 is 0. The fourth-order valence-electron chi connectivity index (χ4n) is 5.36. The molecule has 9 nitrogen and oxygen atoms in total. The van der Waals surface area contributed by atoms with Crippen LogP contribution < -0.4 is 15.8 Å². The maximum Gasteiger partial charge on any atom is 0.258 e. The Balaban J connectivity index is 1.49. The lowest BCUT2D eigenvalue weighted by Gasteiger charge is -2.35. The van der Waals surface area contributed by atoms with Gasteiger partial charge in [0.15, 0.2) is 0 Å². The van der Waals surface area contributed by atoms with E-state index in [1.165, 1.54) is 21.1 Å². The van der Waals surface area contributed by atoms with Gasteiger partial charge < -0.3 is 19.7 Å². The topological polar surface area (TPSA) is 95.0 Å². The molecule has 2 aromatic carbocycles. The minimum absolute atomic E-state index is 0.0189. The van der Waals surface area contributed by atoms with Gasteiger partial charge in [-0.1, -0.05) is 44.2 Å². The van der Waals surface area contributed by atoms with Crippen molar-refractivity contribution in [3.05, 3.63) is 70.9 Å². The minimum atomic E-state index is -4.00. The maximum absolute atomic E-state index is 14.3. The van der Waals surface area contributed by atoms with Crippen molar-refractivity contribution in [3.8, 4) is 0 Å². The summed E-state index contributed by atoms with van der Waals surface area (Å²) in [6, 6.07) is 13.0. The summed E-state index contributed by atoms with van der Waals surface area (Å²) in [7, 11) is -4.00. The quantitative estimate of drug-likeness (QED) is 0.310. The van der Waals surface area contributed by atoms with E-state index in [-0.39, 0.29) is 41.6 Å². The lowest BCUT2D eigenvalue weighted by Crippen LogP contribution is -2.49. The molecule has 1 fully saturated rings. The molecule has 4 rings (SSSR count). The van der Waals surface area contributed by atoms with Crippen molar-refractivity contribution in [2.75, 3.05) is 57.3 Å². The van der Waals surface area contributed by atoms with Crippen LogP contribution in [0, 0.1) is 5.82 Å². The summed E-state index contributed by atoms with van der Waals surface area (Å²) < 4.78 is 44.5. The number of para-hydroxylation sites is 1. The van der Waals surface area contributed by atoms with Crippen LogP contribution in [0.1, 0.15) is 33.1 Å². The van der Waals surface area contributed by atoms with Crippen molar-refractivity contribution in [1.29, 1.82) is 0 Å². The van der Waals surface area contributed by atoms with Gasteiger partial charge in [-0.2, -0.15) is 4.31 Å². The Morgan fingerprint density at radius 2 is 1.56 bits per heavy atom. The predicted molar refractivity (Wildman–Crippen MR) is 160 cm³/mol. The molecule has 1 amide bonds. The largest absolute Gasteiger partial charge is 0.367 e. The van der Waals surface area contributed by atoms with Crippen LogP contribution >= 0.6 is 0 Å². The summed E-state index contributed by atoms with van der Waals surface area (Å²) in [6.07, 6.45) is 4.22. The second-order valence-corrected chi connectivity index (χ2v) is 12.3. The van der Waals surface area contributed by atoms with Crippen molar-refractivity contribution in [3.63, 3.8) is 0 Å². The lowest BCUT2D eigenvalue weighted by molar-refractivity contribution is -0.121. The molecule has 2 heterocycles. The number of fused-ring (bicyclic) bond motifs is 1. The number of halogens is 1. The smallest absolute Gasteiger partial charge is 0.258 e. The van der Waals surface area contributed by atoms with E-state index in [0.29, 0.717) is 30.7 Å². The molecule has 11 heteroatoms. The molecule has 3 aromatic rings. The van der Waals surface area contributed by atoms with Crippen LogP contribution in [0.15, 0.2) is 64.4 Å². The molecule has 1 N–H and O–H groups in total.